The molecule has 0 saturated heterocycles. The van der Waals surface area contributed by atoms with Gasteiger partial charge in [0.1, 0.15) is 5.02 Å². The van der Waals surface area contributed by atoms with Gasteiger partial charge in [-0.05, 0) is 19.1 Å². The van der Waals surface area contributed by atoms with E-state index in [0.717, 1.165) is 16.7 Å². The topological polar surface area (TPSA) is 60.7 Å². The van der Waals surface area contributed by atoms with E-state index in [-0.39, 0.29) is 16.6 Å². The van der Waals surface area contributed by atoms with Crippen LogP contribution in [0.15, 0.2) is 35.3 Å². The van der Waals surface area contributed by atoms with Gasteiger partial charge in [0.2, 0.25) is 0 Å². The SMILES string of the molecule is Cc1nc2ccccc2nc1Cn1ncc(Cl)c(Cl)c1=O. The van der Waals surface area contributed by atoms with Gasteiger partial charge in [0.15, 0.2) is 0 Å². The van der Waals surface area contributed by atoms with Crippen LogP contribution in [0.4, 0.5) is 0 Å². The Morgan fingerprint density at radius 2 is 1.81 bits per heavy atom. The highest BCUT2D eigenvalue weighted by atomic mass is 35.5. The maximum atomic E-state index is 12.0. The standard InChI is InChI=1S/C14H10Cl2N4O/c1-8-12(19-11-5-3-2-4-10(11)18-8)7-20-14(21)13(16)9(15)6-17-20/h2-6H,7H2,1H3. The van der Waals surface area contributed by atoms with Gasteiger partial charge in [-0.1, -0.05) is 35.3 Å². The van der Waals surface area contributed by atoms with Crippen molar-refractivity contribution in [2.24, 2.45) is 0 Å². The quantitative estimate of drug-likeness (QED) is 0.728. The zero-order valence-corrected chi connectivity index (χ0v) is 12.6. The average molecular weight is 321 g/mol. The summed E-state index contributed by atoms with van der Waals surface area (Å²) in [6.45, 7) is 2.04. The molecule has 0 aliphatic carbocycles. The number of nitrogens with zero attached hydrogens (tertiary/aromatic N) is 4. The maximum Gasteiger partial charge on any atom is 0.287 e. The van der Waals surface area contributed by atoms with E-state index in [1.54, 1.807) is 0 Å². The molecule has 7 heteroatoms. The first-order valence-electron chi connectivity index (χ1n) is 6.19. The summed E-state index contributed by atoms with van der Waals surface area (Å²) in [7, 11) is 0. The third-order valence-corrected chi connectivity index (χ3v) is 3.83. The van der Waals surface area contributed by atoms with Crippen LogP contribution in [0.3, 0.4) is 0 Å². The number of rotatable bonds is 2. The van der Waals surface area contributed by atoms with Crippen LogP contribution in [0, 0.1) is 6.92 Å². The van der Waals surface area contributed by atoms with Crippen LogP contribution in [0.1, 0.15) is 11.4 Å². The first-order chi connectivity index (χ1) is 10.1. The highest BCUT2D eigenvalue weighted by molar-refractivity contribution is 6.41. The van der Waals surface area contributed by atoms with Crippen molar-refractivity contribution >= 4 is 34.2 Å². The predicted molar refractivity (Wildman–Crippen MR) is 81.9 cm³/mol. The largest absolute Gasteiger partial charge is 0.287 e. The summed E-state index contributed by atoms with van der Waals surface area (Å²) >= 11 is 11.6. The number of benzene rings is 1. The average Bonchev–Trinajstić information content (AvgIpc) is 2.48. The third kappa shape index (κ3) is 2.62. The van der Waals surface area contributed by atoms with Crippen molar-refractivity contribution in [1.82, 2.24) is 19.7 Å². The van der Waals surface area contributed by atoms with Crippen LogP contribution in [0.2, 0.25) is 10.0 Å². The van der Waals surface area contributed by atoms with Crippen molar-refractivity contribution in [2.75, 3.05) is 0 Å². The molecule has 2 aromatic heterocycles. The van der Waals surface area contributed by atoms with Crippen LogP contribution in [-0.4, -0.2) is 19.7 Å². The molecule has 0 amide bonds. The third-order valence-electron chi connectivity index (χ3n) is 3.08. The van der Waals surface area contributed by atoms with Gasteiger partial charge < -0.3 is 0 Å². The van der Waals surface area contributed by atoms with Crippen molar-refractivity contribution in [1.29, 1.82) is 0 Å². The molecule has 2 heterocycles. The summed E-state index contributed by atoms with van der Waals surface area (Å²) in [5.74, 6) is 0. The van der Waals surface area contributed by atoms with Crippen LogP contribution < -0.4 is 5.56 Å². The number of hydrogen-bond acceptors (Lipinski definition) is 4. The molecule has 0 atom stereocenters. The molecule has 0 fully saturated rings. The second kappa shape index (κ2) is 5.42. The lowest BCUT2D eigenvalue weighted by Crippen LogP contribution is -2.24. The second-order valence-electron chi connectivity index (χ2n) is 4.51. The summed E-state index contributed by atoms with van der Waals surface area (Å²) in [5, 5.41) is 4.07. The molecule has 0 aliphatic rings. The lowest BCUT2D eigenvalue weighted by molar-refractivity contribution is 0.624. The van der Waals surface area contributed by atoms with Crippen molar-refractivity contribution in [2.45, 2.75) is 13.5 Å². The van der Waals surface area contributed by atoms with Crippen molar-refractivity contribution in [3.63, 3.8) is 0 Å². The van der Waals surface area contributed by atoms with Gasteiger partial charge in [0, 0.05) is 0 Å². The lowest BCUT2D eigenvalue weighted by Gasteiger charge is -2.08. The molecule has 106 valence electrons. The molecule has 0 aliphatic heterocycles. The second-order valence-corrected chi connectivity index (χ2v) is 5.30. The molecule has 0 unspecified atom stereocenters. The zero-order chi connectivity index (χ0) is 15.0. The molecule has 0 N–H and O–H groups in total. The minimum atomic E-state index is -0.446. The molecule has 21 heavy (non-hydrogen) atoms. The Morgan fingerprint density at radius 3 is 2.52 bits per heavy atom. The number of hydrogen-bond donors (Lipinski definition) is 0. The minimum Gasteiger partial charge on any atom is -0.266 e. The Morgan fingerprint density at radius 1 is 1.14 bits per heavy atom. The fourth-order valence-electron chi connectivity index (χ4n) is 1.97. The van der Waals surface area contributed by atoms with E-state index in [1.165, 1.54) is 10.9 Å². The Balaban J connectivity index is 2.08. The summed E-state index contributed by atoms with van der Waals surface area (Å²) in [4.78, 5) is 21.0. The minimum absolute atomic E-state index is 0.0435. The Labute approximate surface area is 130 Å². The molecule has 0 saturated carbocycles. The smallest absolute Gasteiger partial charge is 0.266 e. The van der Waals surface area contributed by atoms with Crippen LogP contribution in [0.25, 0.3) is 11.0 Å². The molecule has 5 nitrogen and oxygen atoms in total. The molecular weight excluding hydrogens is 311 g/mol. The number of halogens is 2. The molecule has 0 spiro atoms. The Hall–Kier alpha value is -1.98. The monoisotopic (exact) mass is 320 g/mol. The van der Waals surface area contributed by atoms with Gasteiger partial charge in [-0.15, -0.1) is 0 Å². The van der Waals surface area contributed by atoms with E-state index in [9.17, 15) is 4.79 Å². The van der Waals surface area contributed by atoms with Crippen molar-refractivity contribution in [3.8, 4) is 0 Å². The number of aryl methyl sites for hydroxylation is 1. The van der Waals surface area contributed by atoms with Crippen molar-refractivity contribution in [3.05, 3.63) is 62.2 Å². The van der Waals surface area contributed by atoms with Gasteiger partial charge in [-0.3, -0.25) is 4.79 Å². The summed E-state index contributed by atoms with van der Waals surface area (Å²) in [5.41, 5.74) is 2.55. The van der Waals surface area contributed by atoms with Crippen LogP contribution >= 0.6 is 23.2 Å². The lowest BCUT2D eigenvalue weighted by atomic mass is 10.2. The van der Waals surface area contributed by atoms with E-state index in [0.29, 0.717) is 5.69 Å². The molecule has 0 bridgehead atoms. The molecule has 0 radical (unpaired) electrons. The van der Waals surface area contributed by atoms with Crippen molar-refractivity contribution < 1.29 is 0 Å². The van der Waals surface area contributed by atoms with E-state index in [2.05, 4.69) is 15.1 Å². The fourth-order valence-corrected chi connectivity index (χ4v) is 2.24. The maximum absolute atomic E-state index is 12.0. The molecule has 3 aromatic rings. The van der Waals surface area contributed by atoms with Gasteiger partial charge in [-0.25, -0.2) is 14.6 Å². The highest BCUT2D eigenvalue weighted by Gasteiger charge is 2.11. The zero-order valence-electron chi connectivity index (χ0n) is 11.0. The normalized spacial score (nSPS) is 11.0. The molecule has 1 aromatic carbocycles. The van der Waals surface area contributed by atoms with Gasteiger partial charge in [-0.2, -0.15) is 5.10 Å². The number of para-hydroxylation sites is 2. The Kier molecular flexibility index (Phi) is 3.61. The van der Waals surface area contributed by atoms with E-state index < -0.39 is 5.56 Å². The van der Waals surface area contributed by atoms with Crippen LogP contribution in [0.5, 0.6) is 0 Å². The molecular formula is C14H10Cl2N4O. The van der Waals surface area contributed by atoms with E-state index in [1.807, 2.05) is 31.2 Å². The highest BCUT2D eigenvalue weighted by Crippen LogP contribution is 2.16. The van der Waals surface area contributed by atoms with Crippen LogP contribution in [-0.2, 0) is 6.54 Å². The summed E-state index contributed by atoms with van der Waals surface area (Å²) in [6, 6.07) is 7.56. The number of aromatic nitrogens is 4. The Bertz CT molecular complexity index is 892. The van der Waals surface area contributed by atoms with Gasteiger partial charge in [0.25, 0.3) is 5.56 Å². The first kappa shape index (κ1) is 14.0. The fraction of sp³-hybridized carbons (Fsp3) is 0.143. The van der Waals surface area contributed by atoms with Gasteiger partial charge in [0.05, 0.1) is 40.2 Å². The van der Waals surface area contributed by atoms with Gasteiger partial charge >= 0.3 is 0 Å². The van der Waals surface area contributed by atoms with E-state index >= 15 is 0 Å². The summed E-state index contributed by atoms with van der Waals surface area (Å²) in [6.07, 6.45) is 1.34. The predicted octanol–water partition coefficient (Wildman–Crippen LogP) is 2.85. The summed E-state index contributed by atoms with van der Waals surface area (Å²) < 4.78 is 1.22. The van der Waals surface area contributed by atoms with E-state index in [4.69, 9.17) is 23.2 Å². The molecule has 3 rings (SSSR count). The number of fused-ring (bicyclic) bond motifs is 1. The first-order valence-corrected chi connectivity index (χ1v) is 6.95.